The molecule has 0 saturated heterocycles. The van der Waals surface area contributed by atoms with Gasteiger partial charge in [0.15, 0.2) is 0 Å². The number of hydrogen-bond acceptors (Lipinski definition) is 3. The average Bonchev–Trinajstić information content (AvgIpc) is 2.94. The Balaban J connectivity index is 1.79. The molecule has 0 spiro atoms. The van der Waals surface area contributed by atoms with Gasteiger partial charge in [0.25, 0.3) is 0 Å². The fourth-order valence-electron chi connectivity index (χ4n) is 2.64. The first-order valence-corrected chi connectivity index (χ1v) is 7.50. The minimum atomic E-state index is -0.136. The van der Waals surface area contributed by atoms with Crippen molar-refractivity contribution >= 4 is 6.03 Å². The van der Waals surface area contributed by atoms with Crippen molar-refractivity contribution in [3.05, 3.63) is 29.8 Å². The zero-order valence-electron chi connectivity index (χ0n) is 12.7. The predicted molar refractivity (Wildman–Crippen MR) is 81.4 cm³/mol. The number of hydrogen-bond donors (Lipinski definition) is 2. The summed E-state index contributed by atoms with van der Waals surface area (Å²) in [7, 11) is 1.72. The first-order valence-electron chi connectivity index (χ1n) is 7.50. The molecule has 0 unspecified atom stereocenters. The van der Waals surface area contributed by atoms with Gasteiger partial charge in [-0.1, -0.05) is 18.2 Å². The van der Waals surface area contributed by atoms with E-state index in [1.165, 1.54) is 0 Å². The molecule has 1 saturated carbocycles. The highest BCUT2D eigenvalue weighted by atomic mass is 16.5. The van der Waals surface area contributed by atoms with Gasteiger partial charge >= 0.3 is 6.03 Å². The van der Waals surface area contributed by atoms with Gasteiger partial charge in [-0.2, -0.15) is 0 Å². The maximum absolute atomic E-state index is 11.9. The van der Waals surface area contributed by atoms with Gasteiger partial charge in [0.2, 0.25) is 0 Å². The maximum Gasteiger partial charge on any atom is 0.315 e. The average molecular weight is 292 g/mol. The molecule has 0 heterocycles. The van der Waals surface area contributed by atoms with E-state index >= 15 is 0 Å². The van der Waals surface area contributed by atoms with Crippen LogP contribution >= 0.6 is 0 Å². The Morgan fingerprint density at radius 3 is 2.86 bits per heavy atom. The normalized spacial score (nSPS) is 21.0. The number of urea groups is 1. The lowest BCUT2D eigenvalue weighted by Crippen LogP contribution is -2.40. The molecule has 116 valence electrons. The van der Waals surface area contributed by atoms with E-state index in [0.717, 1.165) is 30.6 Å². The summed E-state index contributed by atoms with van der Waals surface area (Å²) in [6.07, 6.45) is 3.14. The fourth-order valence-corrected chi connectivity index (χ4v) is 2.64. The Morgan fingerprint density at radius 1 is 1.33 bits per heavy atom. The highest BCUT2D eigenvalue weighted by Crippen LogP contribution is 2.21. The summed E-state index contributed by atoms with van der Waals surface area (Å²) in [5.41, 5.74) is 0.982. The van der Waals surface area contributed by atoms with Crippen molar-refractivity contribution in [2.75, 3.05) is 13.7 Å². The zero-order valence-corrected chi connectivity index (χ0v) is 12.7. The van der Waals surface area contributed by atoms with Crippen LogP contribution in [0.4, 0.5) is 4.79 Å². The first-order chi connectivity index (χ1) is 10.2. The molecular formula is C16H24N2O3. The summed E-state index contributed by atoms with van der Waals surface area (Å²) in [6, 6.07) is 7.82. The van der Waals surface area contributed by atoms with E-state index in [0.29, 0.717) is 13.2 Å². The lowest BCUT2D eigenvalue weighted by Gasteiger charge is -2.15. The number of ether oxygens (including phenoxy) is 2. The van der Waals surface area contributed by atoms with Crippen LogP contribution in [0.5, 0.6) is 5.75 Å². The van der Waals surface area contributed by atoms with Crippen molar-refractivity contribution < 1.29 is 14.3 Å². The van der Waals surface area contributed by atoms with Gasteiger partial charge in [-0.3, -0.25) is 0 Å². The molecule has 2 atom stereocenters. The minimum Gasteiger partial charge on any atom is -0.494 e. The molecule has 0 aliphatic heterocycles. The standard InChI is InChI=1S/C16H24N2O3/c1-3-21-15-7-5-4-6-12(15)11-17-16(19)18-13-8-9-14(10-13)20-2/h4-7,13-14H,3,8-11H2,1-2H3,(H2,17,18,19)/t13-,14-/m1/s1. The molecule has 2 rings (SSSR count). The second-order valence-corrected chi connectivity index (χ2v) is 5.24. The number of rotatable bonds is 6. The van der Waals surface area contributed by atoms with Crippen molar-refractivity contribution in [2.24, 2.45) is 0 Å². The number of carbonyl (C=O) groups is 1. The molecule has 2 N–H and O–H groups in total. The van der Waals surface area contributed by atoms with E-state index in [1.807, 2.05) is 31.2 Å². The van der Waals surface area contributed by atoms with E-state index in [1.54, 1.807) is 7.11 Å². The van der Waals surface area contributed by atoms with Crippen LogP contribution in [0.1, 0.15) is 31.7 Å². The van der Waals surface area contributed by atoms with Gasteiger partial charge in [0.05, 0.1) is 12.7 Å². The first kappa shape index (κ1) is 15.6. The maximum atomic E-state index is 11.9. The second kappa shape index (κ2) is 7.88. The summed E-state index contributed by atoms with van der Waals surface area (Å²) in [5, 5.41) is 5.88. The van der Waals surface area contributed by atoms with Gasteiger partial charge in [0.1, 0.15) is 5.75 Å². The summed E-state index contributed by atoms with van der Waals surface area (Å²) in [4.78, 5) is 11.9. The highest BCUT2D eigenvalue weighted by molar-refractivity contribution is 5.74. The van der Waals surface area contributed by atoms with Gasteiger partial charge in [0, 0.05) is 25.3 Å². The molecule has 1 aromatic rings. The Bertz CT molecular complexity index is 465. The largest absolute Gasteiger partial charge is 0.494 e. The molecule has 21 heavy (non-hydrogen) atoms. The second-order valence-electron chi connectivity index (χ2n) is 5.24. The van der Waals surface area contributed by atoms with Gasteiger partial charge in [-0.05, 0) is 32.3 Å². The summed E-state index contributed by atoms with van der Waals surface area (Å²) < 4.78 is 10.8. The summed E-state index contributed by atoms with van der Waals surface area (Å²) in [6.45, 7) is 3.02. The molecule has 1 aliphatic rings. The molecule has 5 heteroatoms. The van der Waals surface area contributed by atoms with Crippen LogP contribution in [0.25, 0.3) is 0 Å². The molecule has 5 nitrogen and oxygen atoms in total. The Hall–Kier alpha value is -1.75. The molecule has 1 fully saturated rings. The van der Waals surface area contributed by atoms with E-state index in [2.05, 4.69) is 10.6 Å². The molecule has 1 aromatic carbocycles. The third kappa shape index (κ3) is 4.63. The monoisotopic (exact) mass is 292 g/mol. The van der Waals surface area contributed by atoms with Crippen molar-refractivity contribution in [3.63, 3.8) is 0 Å². The molecule has 0 bridgehead atoms. The van der Waals surface area contributed by atoms with Crippen LogP contribution in [-0.4, -0.2) is 31.9 Å². The van der Waals surface area contributed by atoms with Crippen molar-refractivity contribution in [2.45, 2.75) is 44.9 Å². The van der Waals surface area contributed by atoms with Crippen LogP contribution < -0.4 is 15.4 Å². The number of benzene rings is 1. The third-order valence-electron chi connectivity index (χ3n) is 3.76. The number of nitrogens with one attached hydrogen (secondary N) is 2. The minimum absolute atomic E-state index is 0.136. The Morgan fingerprint density at radius 2 is 2.14 bits per heavy atom. The summed E-state index contributed by atoms with van der Waals surface area (Å²) >= 11 is 0. The Kier molecular flexibility index (Phi) is 5.87. The number of para-hydroxylation sites is 1. The Labute approximate surface area is 126 Å². The topological polar surface area (TPSA) is 59.6 Å². The molecule has 0 aromatic heterocycles. The van der Waals surface area contributed by atoms with E-state index < -0.39 is 0 Å². The fraction of sp³-hybridized carbons (Fsp3) is 0.562. The number of methoxy groups -OCH3 is 1. The smallest absolute Gasteiger partial charge is 0.315 e. The third-order valence-corrected chi connectivity index (χ3v) is 3.76. The zero-order chi connectivity index (χ0) is 15.1. The van der Waals surface area contributed by atoms with Crippen LogP contribution in [0.3, 0.4) is 0 Å². The number of amides is 2. The highest BCUT2D eigenvalue weighted by Gasteiger charge is 2.25. The van der Waals surface area contributed by atoms with Crippen LogP contribution in [0.2, 0.25) is 0 Å². The van der Waals surface area contributed by atoms with E-state index in [9.17, 15) is 4.79 Å². The predicted octanol–water partition coefficient (Wildman–Crippen LogP) is 2.45. The summed E-state index contributed by atoms with van der Waals surface area (Å²) in [5.74, 6) is 0.820. The number of carbonyl (C=O) groups excluding carboxylic acids is 1. The molecule has 2 amide bonds. The van der Waals surface area contributed by atoms with Crippen molar-refractivity contribution in [3.8, 4) is 5.75 Å². The lowest BCUT2D eigenvalue weighted by molar-refractivity contribution is 0.107. The van der Waals surface area contributed by atoms with E-state index in [4.69, 9.17) is 9.47 Å². The van der Waals surface area contributed by atoms with Crippen LogP contribution in [0.15, 0.2) is 24.3 Å². The van der Waals surface area contributed by atoms with E-state index in [-0.39, 0.29) is 18.2 Å². The van der Waals surface area contributed by atoms with Crippen LogP contribution in [-0.2, 0) is 11.3 Å². The SMILES string of the molecule is CCOc1ccccc1CNC(=O)N[C@@H]1CC[C@@H](OC)C1. The molecule has 0 radical (unpaired) electrons. The van der Waals surface area contributed by atoms with Crippen molar-refractivity contribution in [1.29, 1.82) is 0 Å². The van der Waals surface area contributed by atoms with Gasteiger partial charge < -0.3 is 20.1 Å². The lowest BCUT2D eigenvalue weighted by atomic mass is 10.2. The molecular weight excluding hydrogens is 268 g/mol. The quantitative estimate of drug-likeness (QED) is 0.846. The van der Waals surface area contributed by atoms with Gasteiger partial charge in [-0.15, -0.1) is 0 Å². The van der Waals surface area contributed by atoms with Gasteiger partial charge in [-0.25, -0.2) is 4.79 Å². The molecule has 1 aliphatic carbocycles. The van der Waals surface area contributed by atoms with Crippen LogP contribution in [0, 0.1) is 0 Å². The van der Waals surface area contributed by atoms with Crippen molar-refractivity contribution in [1.82, 2.24) is 10.6 Å².